The second-order valence-electron chi connectivity index (χ2n) is 3.73. The fourth-order valence-electron chi connectivity index (χ4n) is 1.59. The fourth-order valence-corrected chi connectivity index (χ4v) is 2.29. The van der Waals surface area contributed by atoms with E-state index in [-0.39, 0.29) is 0 Å². The second kappa shape index (κ2) is 5.87. The highest BCUT2D eigenvalue weighted by molar-refractivity contribution is 7.09. The Bertz CT molecular complexity index is 405. The highest BCUT2D eigenvalue weighted by atomic mass is 32.1. The Morgan fingerprint density at radius 2 is 2.12 bits per heavy atom. The third kappa shape index (κ3) is 3.22. The van der Waals surface area contributed by atoms with Gasteiger partial charge >= 0.3 is 0 Å². The van der Waals surface area contributed by atoms with Crippen LogP contribution in [0.3, 0.4) is 0 Å². The van der Waals surface area contributed by atoms with Gasteiger partial charge in [0.1, 0.15) is 11.5 Å². The Morgan fingerprint density at radius 1 is 1.25 bits per heavy atom. The number of hydrogen-bond donors (Lipinski definition) is 1. The monoisotopic (exact) mass is 235 g/mol. The highest BCUT2D eigenvalue weighted by Gasteiger charge is 1.99. The molecule has 3 heteroatoms. The third-order valence-electron chi connectivity index (χ3n) is 2.49. The summed E-state index contributed by atoms with van der Waals surface area (Å²) < 4.78 is 5.61. The maximum atomic E-state index is 5.61. The second-order valence-corrected chi connectivity index (χ2v) is 4.76. The molecule has 0 fully saturated rings. The zero-order chi connectivity index (χ0) is 11.2. The van der Waals surface area contributed by atoms with Gasteiger partial charge in [-0.3, -0.25) is 0 Å². The lowest BCUT2D eigenvalue weighted by Gasteiger charge is -2.00. The van der Waals surface area contributed by atoms with Crippen LogP contribution in [-0.4, -0.2) is 6.54 Å². The molecule has 2 aromatic heterocycles. The van der Waals surface area contributed by atoms with E-state index in [1.807, 2.05) is 11.3 Å². The van der Waals surface area contributed by atoms with Crippen LogP contribution in [0.2, 0.25) is 0 Å². The molecule has 0 aliphatic heterocycles. The number of aryl methyl sites for hydroxylation is 1. The van der Waals surface area contributed by atoms with Crippen molar-refractivity contribution in [3.63, 3.8) is 0 Å². The molecule has 2 heterocycles. The van der Waals surface area contributed by atoms with Crippen molar-refractivity contribution in [2.24, 2.45) is 0 Å². The molecule has 2 nitrogen and oxygen atoms in total. The van der Waals surface area contributed by atoms with Crippen molar-refractivity contribution >= 4 is 11.3 Å². The summed E-state index contributed by atoms with van der Waals surface area (Å²) in [4.78, 5) is 1.43. The molecular formula is C13H17NOS. The minimum Gasteiger partial charge on any atom is -0.465 e. The van der Waals surface area contributed by atoms with Crippen LogP contribution in [0.5, 0.6) is 0 Å². The minimum atomic E-state index is 0.825. The molecule has 86 valence electrons. The van der Waals surface area contributed by atoms with Gasteiger partial charge in [0.2, 0.25) is 0 Å². The van der Waals surface area contributed by atoms with Gasteiger partial charge < -0.3 is 9.73 Å². The summed E-state index contributed by atoms with van der Waals surface area (Å²) in [5, 5.41) is 5.51. The zero-order valence-electron chi connectivity index (χ0n) is 9.53. The van der Waals surface area contributed by atoms with E-state index in [4.69, 9.17) is 4.42 Å². The van der Waals surface area contributed by atoms with Gasteiger partial charge in [0, 0.05) is 17.8 Å². The van der Waals surface area contributed by atoms with Crippen LogP contribution < -0.4 is 5.32 Å². The van der Waals surface area contributed by atoms with Crippen molar-refractivity contribution in [1.82, 2.24) is 5.32 Å². The number of rotatable bonds is 6. The van der Waals surface area contributed by atoms with Crippen molar-refractivity contribution in [1.29, 1.82) is 0 Å². The van der Waals surface area contributed by atoms with Crippen molar-refractivity contribution in [3.05, 3.63) is 46.0 Å². The Labute approximate surface area is 100 Å². The smallest absolute Gasteiger partial charge is 0.117 e. The Balaban J connectivity index is 1.68. The largest absolute Gasteiger partial charge is 0.465 e. The Morgan fingerprint density at radius 3 is 2.81 bits per heavy atom. The summed E-state index contributed by atoms with van der Waals surface area (Å²) >= 11 is 1.81. The van der Waals surface area contributed by atoms with Gasteiger partial charge in [0.05, 0.1) is 6.54 Å². The van der Waals surface area contributed by atoms with Crippen LogP contribution in [0.4, 0.5) is 0 Å². The van der Waals surface area contributed by atoms with E-state index in [2.05, 4.69) is 41.9 Å². The topological polar surface area (TPSA) is 25.2 Å². The maximum absolute atomic E-state index is 5.61. The normalized spacial score (nSPS) is 10.8. The first kappa shape index (κ1) is 11.4. The molecule has 0 aliphatic carbocycles. The summed E-state index contributed by atoms with van der Waals surface area (Å²) in [7, 11) is 0. The molecule has 0 aromatic carbocycles. The van der Waals surface area contributed by atoms with Gasteiger partial charge in [0.15, 0.2) is 0 Å². The number of thiophene rings is 1. The van der Waals surface area contributed by atoms with Gasteiger partial charge in [-0.2, -0.15) is 0 Å². The molecule has 1 N–H and O–H groups in total. The van der Waals surface area contributed by atoms with Crippen LogP contribution in [-0.2, 0) is 19.4 Å². The van der Waals surface area contributed by atoms with Crippen LogP contribution in [0.25, 0.3) is 0 Å². The molecule has 16 heavy (non-hydrogen) atoms. The van der Waals surface area contributed by atoms with E-state index in [0.717, 1.165) is 37.5 Å². The van der Waals surface area contributed by atoms with Crippen LogP contribution >= 0.6 is 11.3 Å². The molecule has 0 atom stereocenters. The van der Waals surface area contributed by atoms with Crippen LogP contribution in [0, 0.1) is 0 Å². The average molecular weight is 235 g/mol. The van der Waals surface area contributed by atoms with Crippen LogP contribution in [0.1, 0.15) is 23.3 Å². The van der Waals surface area contributed by atoms with Crippen molar-refractivity contribution < 1.29 is 4.42 Å². The molecular weight excluding hydrogens is 218 g/mol. The molecule has 0 aliphatic rings. The van der Waals surface area contributed by atoms with Crippen LogP contribution in [0.15, 0.2) is 34.1 Å². The minimum absolute atomic E-state index is 0.825. The number of furan rings is 1. The first-order valence-electron chi connectivity index (χ1n) is 5.69. The van der Waals surface area contributed by atoms with Crippen molar-refractivity contribution in [2.75, 3.05) is 6.54 Å². The Hall–Kier alpha value is -1.06. The van der Waals surface area contributed by atoms with Gasteiger partial charge in [-0.05, 0) is 30.0 Å². The van der Waals surface area contributed by atoms with E-state index in [1.165, 1.54) is 4.88 Å². The highest BCUT2D eigenvalue weighted by Crippen LogP contribution is 2.09. The lowest BCUT2D eigenvalue weighted by Crippen LogP contribution is -2.15. The molecule has 0 unspecified atom stereocenters. The summed E-state index contributed by atoms with van der Waals surface area (Å²) in [6.45, 7) is 3.93. The average Bonchev–Trinajstić information content (AvgIpc) is 2.95. The molecule has 0 saturated carbocycles. The SMILES string of the molecule is CCc1ccc(CNCCc2cccs2)o1. The molecule has 0 radical (unpaired) electrons. The predicted octanol–water partition coefficient (Wildman–Crippen LogP) is 3.24. The number of hydrogen-bond acceptors (Lipinski definition) is 3. The molecule has 0 bridgehead atoms. The molecule has 2 rings (SSSR count). The lowest BCUT2D eigenvalue weighted by atomic mass is 10.3. The van der Waals surface area contributed by atoms with E-state index in [0.29, 0.717) is 0 Å². The van der Waals surface area contributed by atoms with E-state index < -0.39 is 0 Å². The fraction of sp³-hybridized carbons (Fsp3) is 0.385. The summed E-state index contributed by atoms with van der Waals surface area (Å²) in [6, 6.07) is 8.38. The maximum Gasteiger partial charge on any atom is 0.117 e. The third-order valence-corrected chi connectivity index (χ3v) is 3.43. The lowest BCUT2D eigenvalue weighted by molar-refractivity contribution is 0.451. The van der Waals surface area contributed by atoms with Crippen molar-refractivity contribution in [3.8, 4) is 0 Å². The van der Waals surface area contributed by atoms with Crippen molar-refractivity contribution in [2.45, 2.75) is 26.3 Å². The standard InChI is InChI=1S/C13H17NOS/c1-2-11-5-6-12(15-11)10-14-8-7-13-4-3-9-16-13/h3-6,9,14H,2,7-8,10H2,1H3. The summed E-state index contributed by atoms with van der Waals surface area (Å²) in [5.41, 5.74) is 0. The molecule has 0 amide bonds. The van der Waals surface area contributed by atoms with E-state index in [9.17, 15) is 0 Å². The molecule has 2 aromatic rings. The van der Waals surface area contributed by atoms with E-state index in [1.54, 1.807) is 0 Å². The quantitative estimate of drug-likeness (QED) is 0.778. The summed E-state index contributed by atoms with van der Waals surface area (Å²) in [6.07, 6.45) is 2.06. The number of nitrogens with one attached hydrogen (secondary N) is 1. The first-order chi connectivity index (χ1) is 7.88. The Kier molecular flexibility index (Phi) is 4.19. The summed E-state index contributed by atoms with van der Waals surface area (Å²) in [5.74, 6) is 2.10. The zero-order valence-corrected chi connectivity index (χ0v) is 10.3. The first-order valence-corrected chi connectivity index (χ1v) is 6.57. The van der Waals surface area contributed by atoms with Gasteiger partial charge in [-0.25, -0.2) is 0 Å². The van der Waals surface area contributed by atoms with Gasteiger partial charge in [-0.15, -0.1) is 11.3 Å². The van der Waals surface area contributed by atoms with Gasteiger partial charge in [-0.1, -0.05) is 13.0 Å². The molecule has 0 spiro atoms. The predicted molar refractivity (Wildman–Crippen MR) is 67.8 cm³/mol. The van der Waals surface area contributed by atoms with E-state index >= 15 is 0 Å². The molecule has 0 saturated heterocycles. The van der Waals surface area contributed by atoms with Gasteiger partial charge in [0.25, 0.3) is 0 Å².